The summed E-state index contributed by atoms with van der Waals surface area (Å²) in [5.41, 5.74) is -1.36. The molecule has 5 aromatic rings. The zero-order valence-corrected chi connectivity index (χ0v) is 72.3. The molecule has 40 nitrogen and oxygen atoms in total. The molecular formula is C74H91N19O21S7. The third-order valence-corrected chi connectivity index (χ3v) is 27.2. The van der Waals surface area contributed by atoms with Gasteiger partial charge in [0.15, 0.2) is 0 Å². The number of rotatable bonds is 17. The molecule has 0 spiro atoms. The number of fused-ring (bicyclic) bond motifs is 7. The Labute approximate surface area is 716 Å². The molecule has 4 aliphatic heterocycles. The fourth-order valence-electron chi connectivity index (χ4n) is 12.9. The van der Waals surface area contributed by atoms with Gasteiger partial charge in [0.05, 0.1) is 70.3 Å². The molecule has 10 rings (SSSR count). The second kappa shape index (κ2) is 39.0. The minimum absolute atomic E-state index is 0.0290. The highest BCUT2D eigenvalue weighted by Crippen LogP contribution is 2.48. The van der Waals surface area contributed by atoms with Crippen LogP contribution in [-0.2, 0) is 58.8 Å². The van der Waals surface area contributed by atoms with Gasteiger partial charge in [-0.15, -0.1) is 57.1 Å². The number of thioether (sulfide) groups is 2. The molecule has 0 saturated heterocycles. The van der Waals surface area contributed by atoms with Crippen molar-refractivity contribution in [3.05, 3.63) is 135 Å². The SMILES string of the molecule is C=C(NC(=O)c1csc(C2=N[C@@H]3c4csc(n4)[C@H]4NC(=O)c5csc(n5)[C@H]([C@](C)(O)[C@H](C)O)NC(=O)[C@H]5CSC(=N5)/C(=C/C)NC(=O)[C@H]([C@@H](C)O)NC(=O)c5csc(n5)[C@]3(CC2)NC(=O)[C@H](C)NC(=O)C(=C)NC(=O)[C@H](C)NC(=O)[C@H]([C@@H](C)CC)N[C@@H]2C=Cc3c([C@H](C)O)cc(nc3[C@H]2O)C(=O)O[C@@H]4C)n1)C(=O)NC(CSCCS(=O)(=O)O)C(N)=O. The quantitative estimate of drug-likeness (QED) is 0.0257. The van der Waals surface area contributed by atoms with Crippen LogP contribution in [0.2, 0.25) is 0 Å². The van der Waals surface area contributed by atoms with Gasteiger partial charge < -0.3 is 89.2 Å². The summed E-state index contributed by atoms with van der Waals surface area (Å²) in [5, 5.41) is 92.3. The minimum atomic E-state index is -4.37. The first-order valence-electron chi connectivity index (χ1n) is 37.6. The van der Waals surface area contributed by atoms with Crippen molar-refractivity contribution in [1.82, 2.24) is 83.4 Å². The van der Waals surface area contributed by atoms with E-state index in [0.717, 1.165) is 68.9 Å². The summed E-state index contributed by atoms with van der Waals surface area (Å²) >= 11 is 5.18. The van der Waals surface area contributed by atoms with Gasteiger partial charge >= 0.3 is 5.97 Å². The van der Waals surface area contributed by atoms with Crippen molar-refractivity contribution in [3.63, 3.8) is 0 Å². The summed E-state index contributed by atoms with van der Waals surface area (Å²) in [6, 6.07) is -13.2. The first-order valence-corrected chi connectivity index (χ1v) is 44.9. The highest BCUT2D eigenvalue weighted by Gasteiger charge is 2.51. The molecule has 11 amide bonds. The van der Waals surface area contributed by atoms with Crippen molar-refractivity contribution < 1.29 is 101 Å². The first kappa shape index (κ1) is 93.3. The van der Waals surface area contributed by atoms with E-state index in [4.69, 9.17) is 30.0 Å². The predicted molar refractivity (Wildman–Crippen MR) is 447 cm³/mol. The molecule has 19 N–H and O–H groups in total. The number of aromatic nitrogens is 5. The third-order valence-electron chi connectivity index (χ3n) is 20.3. The molecule has 13 bridgehead atoms. The van der Waals surface area contributed by atoms with Crippen molar-refractivity contribution in [2.75, 3.05) is 23.0 Å². The molecule has 0 fully saturated rings. The molecule has 0 saturated carbocycles. The average molecular weight is 1810 g/mol. The van der Waals surface area contributed by atoms with Crippen molar-refractivity contribution in [3.8, 4) is 0 Å². The van der Waals surface area contributed by atoms with Gasteiger partial charge in [-0.2, -0.15) is 20.2 Å². The maximum Gasteiger partial charge on any atom is 0.357 e. The number of pyridine rings is 1. The number of aliphatic imine (C=N–C) groups is 2. The van der Waals surface area contributed by atoms with E-state index in [1.807, 2.05) is 0 Å². The lowest BCUT2D eigenvalue weighted by molar-refractivity contribution is -0.131. The van der Waals surface area contributed by atoms with Gasteiger partial charge in [-0.1, -0.05) is 51.7 Å². The lowest BCUT2D eigenvalue weighted by atomic mass is 9.80. The third kappa shape index (κ3) is 21.7. The minimum Gasteiger partial charge on any atom is -0.455 e. The van der Waals surface area contributed by atoms with Crippen LogP contribution >= 0.6 is 68.9 Å². The number of thiazole rings is 4. The van der Waals surface area contributed by atoms with Crippen LogP contribution in [0.1, 0.15) is 203 Å². The van der Waals surface area contributed by atoms with Gasteiger partial charge in [0.1, 0.15) is 120 Å². The predicted octanol–water partition coefficient (Wildman–Crippen LogP) is 0.250. The summed E-state index contributed by atoms with van der Waals surface area (Å²) in [6.45, 7) is 21.5. The molecular weight excluding hydrogens is 1720 g/mol. The van der Waals surface area contributed by atoms with E-state index in [9.17, 15) is 77.1 Å². The summed E-state index contributed by atoms with van der Waals surface area (Å²) in [6.07, 6.45) is -3.39. The summed E-state index contributed by atoms with van der Waals surface area (Å²) in [7, 11) is -4.37. The van der Waals surface area contributed by atoms with E-state index < -0.39 is 218 Å². The molecule has 0 radical (unpaired) electrons. The van der Waals surface area contributed by atoms with Crippen LogP contribution in [0.3, 0.4) is 0 Å². The van der Waals surface area contributed by atoms with E-state index in [2.05, 4.69) is 91.6 Å². The Morgan fingerprint density at radius 1 is 0.810 bits per heavy atom. The number of nitrogens with zero attached hydrogens (tertiary/aromatic N) is 7. The molecule has 9 heterocycles. The van der Waals surface area contributed by atoms with Gasteiger partial charge in [0.2, 0.25) is 35.4 Å². The summed E-state index contributed by atoms with van der Waals surface area (Å²) in [5.74, 6) is -13.5. The molecule has 5 aliphatic rings. The van der Waals surface area contributed by atoms with E-state index in [1.54, 1.807) is 20.8 Å². The molecule has 121 heavy (non-hydrogen) atoms. The Morgan fingerprint density at radius 2 is 1.50 bits per heavy atom. The molecule has 47 heteroatoms. The van der Waals surface area contributed by atoms with Crippen molar-refractivity contribution in [1.29, 1.82) is 0 Å². The zero-order chi connectivity index (χ0) is 88.8. The Morgan fingerprint density at radius 3 is 2.17 bits per heavy atom. The van der Waals surface area contributed by atoms with Crippen molar-refractivity contribution >= 4 is 167 Å². The van der Waals surface area contributed by atoms with Crippen molar-refractivity contribution in [2.24, 2.45) is 21.6 Å². The summed E-state index contributed by atoms with van der Waals surface area (Å²) < 4.78 is 38.0. The number of hydrogen-bond donors (Lipinski definition) is 18. The highest BCUT2D eigenvalue weighted by molar-refractivity contribution is 8.14. The zero-order valence-electron chi connectivity index (χ0n) is 66.6. The lowest BCUT2D eigenvalue weighted by Gasteiger charge is -2.41. The number of ether oxygens (including phenoxy) is 1. The number of esters is 1. The number of carbonyl (C=O) groups excluding carboxylic acids is 12. The van der Waals surface area contributed by atoms with Crippen LogP contribution in [0, 0.1) is 5.92 Å². The van der Waals surface area contributed by atoms with Crippen LogP contribution in [0.4, 0.5) is 0 Å². The highest BCUT2D eigenvalue weighted by atomic mass is 32.2. The molecule has 1 unspecified atom stereocenters. The Kier molecular flexibility index (Phi) is 30.1. The number of aliphatic hydroxyl groups is 5. The van der Waals surface area contributed by atoms with Crippen LogP contribution in [0.25, 0.3) is 6.08 Å². The van der Waals surface area contributed by atoms with Crippen LogP contribution < -0.4 is 64.2 Å². The van der Waals surface area contributed by atoms with Gasteiger partial charge in [-0.3, -0.25) is 72.6 Å². The number of primary amides is 1. The number of nitrogens with two attached hydrogens (primary N) is 1. The van der Waals surface area contributed by atoms with Gasteiger partial charge in [0, 0.05) is 44.3 Å². The topological polar surface area (TPSA) is 617 Å². The number of carbonyl (C=O) groups is 12. The second-order valence-electron chi connectivity index (χ2n) is 29.3. The number of nitrogens with one attached hydrogen (secondary N) is 11. The lowest BCUT2D eigenvalue weighted by Crippen LogP contribution is -2.57. The monoisotopic (exact) mass is 1810 g/mol. The standard InChI is InChI=1S/C74H91N19O21S7/c1-13-28(3)49-65(107)79-30(5)58(100)76-29(4)57(99)77-32(7)60(102)93-74-18-17-41(68-87-45(24-117-68)61(103)78-31(6)59(101)84-44(56(75)98)22-115-19-20-121(111,112)113)82-54(74)43-23-118-69(85-43)51(35(10)114-71(109)42-21-38(33(8)94)37-15-16-40(80-49)53(97)52(37)81-42)91-62(104)46-26-119-70(88-46)55(73(12,110)36(11)96)92-64(106)47-25-116-67(86-47)39(14-2)83-66(108)50(34(9)95)90-63(105)48-27-120-72(74)89-48/h14-16,21,23-24,26-28,30,32-36,40,44,47,49-51,53-55,80,94-97,110H,4,6,13,17-20,22,25H2,1-3,5,7-12H3,(H2,75,98)(H,76,100)(H,77,99)(H,78,103)(H,79,107)(H,83,108)(H,84,101)(H,90,105)(H,91,104)(H,92,106)(H,93,102)(H,111,112,113)/b39-14-/t28-,30-,32-,33-,34+,35+,36-,40+,44?,47+,49-,50-,51-,53-,54+,55+,73+,74+/m0/s1. The molecule has 1 aliphatic carbocycles. The molecule has 0 aromatic carbocycles. The van der Waals surface area contributed by atoms with Crippen molar-refractivity contribution in [2.45, 2.75) is 191 Å². The molecule has 650 valence electrons. The fraction of sp³-hybridized carbons (Fsp3) is 0.473. The van der Waals surface area contributed by atoms with Crippen LogP contribution in [-0.4, -0.2) is 234 Å². The maximum atomic E-state index is 15.5. The summed E-state index contributed by atoms with van der Waals surface area (Å²) in [4.78, 5) is 205. The normalized spacial score (nSPS) is 26.4. The van der Waals surface area contributed by atoms with Crippen LogP contribution in [0.15, 0.2) is 80.0 Å². The van der Waals surface area contributed by atoms with E-state index >= 15 is 14.4 Å². The number of cyclic esters (lactones) is 1. The first-order chi connectivity index (χ1) is 56.9. The Balaban J connectivity index is 1.15. The average Bonchev–Trinajstić information content (AvgIpc) is 1.68. The largest absolute Gasteiger partial charge is 0.455 e. The number of allylic oxidation sites excluding steroid dienone is 1. The molecule has 5 aromatic heterocycles. The number of amides is 11. The second-order valence-corrected chi connectivity index (χ2v) is 36.5. The Hall–Kier alpha value is -10.0. The van der Waals surface area contributed by atoms with E-state index in [0.29, 0.717) is 6.42 Å². The fourth-order valence-corrected chi connectivity index (χ4v) is 19.7. The molecule has 18 atom stereocenters. The maximum absolute atomic E-state index is 15.5. The Bertz CT molecular complexity index is 5190. The number of aliphatic hydroxyl groups excluding tert-OH is 4. The van der Waals surface area contributed by atoms with Crippen LogP contribution in [0.5, 0.6) is 0 Å². The number of hydrogen-bond acceptors (Lipinski definition) is 34. The smallest absolute Gasteiger partial charge is 0.357 e. The van der Waals surface area contributed by atoms with Gasteiger partial charge in [-0.25, -0.2) is 29.7 Å². The van der Waals surface area contributed by atoms with E-state index in [-0.39, 0.29) is 100 Å². The van der Waals surface area contributed by atoms with E-state index in [1.165, 1.54) is 94.3 Å². The van der Waals surface area contributed by atoms with Gasteiger partial charge in [0.25, 0.3) is 39.7 Å². The van der Waals surface area contributed by atoms with Gasteiger partial charge in [-0.05, 0) is 85.8 Å².